The van der Waals surface area contributed by atoms with Gasteiger partial charge in [-0.3, -0.25) is 9.10 Å². The van der Waals surface area contributed by atoms with Crippen LogP contribution in [0.4, 0.5) is 5.69 Å². The number of sulfonamides is 1. The lowest BCUT2D eigenvalue weighted by Gasteiger charge is -2.18. The first-order valence-corrected chi connectivity index (χ1v) is 8.22. The topological polar surface area (TPSA) is 74.7 Å². The van der Waals surface area contributed by atoms with Gasteiger partial charge in [0.05, 0.1) is 17.9 Å². The van der Waals surface area contributed by atoms with Gasteiger partial charge in [0.1, 0.15) is 0 Å². The lowest BCUT2D eigenvalue weighted by Crippen LogP contribution is -2.25. The first kappa shape index (κ1) is 14.8. The van der Waals surface area contributed by atoms with Crippen molar-refractivity contribution in [3.63, 3.8) is 0 Å². The summed E-state index contributed by atoms with van der Waals surface area (Å²) in [6.07, 6.45) is 0.0679. The lowest BCUT2D eigenvalue weighted by atomic mass is 9.98. The first-order valence-electron chi connectivity index (χ1n) is 6.62. The summed E-state index contributed by atoms with van der Waals surface area (Å²) in [5.41, 5.74) is 1.56. The Morgan fingerprint density at radius 1 is 1.40 bits per heavy atom. The second kappa shape index (κ2) is 5.44. The second-order valence-electron chi connectivity index (χ2n) is 5.51. The van der Waals surface area contributed by atoms with Crippen molar-refractivity contribution < 1.29 is 18.3 Å². The third kappa shape index (κ3) is 3.12. The Hall–Kier alpha value is -1.56. The van der Waals surface area contributed by atoms with E-state index >= 15 is 0 Å². The summed E-state index contributed by atoms with van der Waals surface area (Å²) in [7, 11) is -3.20. The summed E-state index contributed by atoms with van der Waals surface area (Å²) in [4.78, 5) is 10.7. The average Bonchev–Trinajstić information content (AvgIpc) is 2.62. The van der Waals surface area contributed by atoms with Gasteiger partial charge in [0.15, 0.2) is 0 Å². The highest BCUT2D eigenvalue weighted by Gasteiger charge is 2.33. The van der Waals surface area contributed by atoms with E-state index in [0.29, 0.717) is 12.2 Å². The minimum absolute atomic E-state index is 0.0679. The Labute approximate surface area is 119 Å². The SMILES string of the molecule is CC1CN(c2ccc(C(C)CC(=O)O)cc2)S(=O)(=O)C1. The molecule has 0 amide bonds. The summed E-state index contributed by atoms with van der Waals surface area (Å²) >= 11 is 0. The zero-order valence-corrected chi connectivity index (χ0v) is 12.4. The van der Waals surface area contributed by atoms with E-state index in [0.717, 1.165) is 5.56 Å². The smallest absolute Gasteiger partial charge is 0.303 e. The number of hydrogen-bond acceptors (Lipinski definition) is 3. The molecule has 0 radical (unpaired) electrons. The van der Waals surface area contributed by atoms with Crippen LogP contribution in [-0.4, -0.2) is 31.8 Å². The number of rotatable bonds is 4. The molecule has 1 fully saturated rings. The summed E-state index contributed by atoms with van der Waals surface area (Å²) in [6.45, 7) is 4.27. The molecule has 1 aromatic carbocycles. The van der Waals surface area contributed by atoms with Gasteiger partial charge in [0.25, 0.3) is 0 Å². The molecule has 2 atom stereocenters. The molecular weight excluding hydrogens is 278 g/mol. The van der Waals surface area contributed by atoms with Crippen LogP contribution in [-0.2, 0) is 14.8 Å². The monoisotopic (exact) mass is 297 g/mol. The lowest BCUT2D eigenvalue weighted by molar-refractivity contribution is -0.137. The molecule has 1 saturated heterocycles. The molecule has 2 unspecified atom stereocenters. The quantitative estimate of drug-likeness (QED) is 0.923. The average molecular weight is 297 g/mol. The third-order valence-electron chi connectivity index (χ3n) is 3.54. The van der Waals surface area contributed by atoms with E-state index in [1.165, 1.54) is 4.31 Å². The Balaban J connectivity index is 2.18. The van der Waals surface area contributed by atoms with Crippen LogP contribution < -0.4 is 4.31 Å². The van der Waals surface area contributed by atoms with E-state index in [2.05, 4.69) is 0 Å². The Morgan fingerprint density at radius 2 is 2.00 bits per heavy atom. The standard InChI is InChI=1S/C14H19NO4S/c1-10-8-15(20(18,19)9-10)13-5-3-12(4-6-13)11(2)7-14(16)17/h3-6,10-11H,7-9H2,1-2H3,(H,16,17). The molecule has 1 aliphatic rings. The largest absolute Gasteiger partial charge is 0.481 e. The fourth-order valence-electron chi connectivity index (χ4n) is 2.51. The van der Waals surface area contributed by atoms with Crippen molar-refractivity contribution in [3.8, 4) is 0 Å². The molecular formula is C14H19NO4S. The van der Waals surface area contributed by atoms with Crippen molar-refractivity contribution in [3.05, 3.63) is 29.8 Å². The van der Waals surface area contributed by atoms with Crippen molar-refractivity contribution in [2.45, 2.75) is 26.2 Å². The number of benzene rings is 1. The van der Waals surface area contributed by atoms with Crippen molar-refractivity contribution in [2.75, 3.05) is 16.6 Å². The van der Waals surface area contributed by atoms with Crippen LogP contribution >= 0.6 is 0 Å². The molecule has 0 spiro atoms. The molecule has 2 rings (SSSR count). The molecule has 110 valence electrons. The van der Waals surface area contributed by atoms with E-state index in [1.807, 2.05) is 13.8 Å². The zero-order chi connectivity index (χ0) is 14.9. The highest BCUT2D eigenvalue weighted by Crippen LogP contribution is 2.28. The maximum Gasteiger partial charge on any atom is 0.303 e. The summed E-state index contributed by atoms with van der Waals surface area (Å²) in [5, 5.41) is 8.78. The van der Waals surface area contributed by atoms with Crippen LogP contribution in [0, 0.1) is 5.92 Å². The second-order valence-corrected chi connectivity index (χ2v) is 7.44. The van der Waals surface area contributed by atoms with Gasteiger partial charge in [0.2, 0.25) is 10.0 Å². The number of carboxylic acids is 1. The van der Waals surface area contributed by atoms with E-state index < -0.39 is 16.0 Å². The van der Waals surface area contributed by atoms with Gasteiger partial charge < -0.3 is 5.11 Å². The van der Waals surface area contributed by atoms with Gasteiger partial charge in [-0.15, -0.1) is 0 Å². The Morgan fingerprint density at radius 3 is 2.45 bits per heavy atom. The third-order valence-corrected chi connectivity index (χ3v) is 5.56. The fraction of sp³-hybridized carbons (Fsp3) is 0.500. The van der Waals surface area contributed by atoms with Gasteiger partial charge in [-0.25, -0.2) is 8.42 Å². The fourth-order valence-corrected chi connectivity index (χ4v) is 4.44. The predicted octanol–water partition coefficient (Wildman–Crippen LogP) is 2.05. The van der Waals surface area contributed by atoms with E-state index in [9.17, 15) is 13.2 Å². The van der Waals surface area contributed by atoms with Crippen LogP contribution in [0.5, 0.6) is 0 Å². The maximum atomic E-state index is 12.0. The van der Waals surface area contributed by atoms with Gasteiger partial charge in [-0.05, 0) is 29.5 Å². The molecule has 5 nitrogen and oxygen atoms in total. The van der Waals surface area contributed by atoms with Crippen molar-refractivity contribution >= 4 is 21.7 Å². The molecule has 20 heavy (non-hydrogen) atoms. The van der Waals surface area contributed by atoms with Crippen LogP contribution in [0.15, 0.2) is 24.3 Å². The van der Waals surface area contributed by atoms with Crippen LogP contribution in [0.2, 0.25) is 0 Å². The van der Waals surface area contributed by atoms with Crippen molar-refractivity contribution in [2.24, 2.45) is 5.92 Å². The number of carbonyl (C=O) groups is 1. The van der Waals surface area contributed by atoms with Gasteiger partial charge in [-0.2, -0.15) is 0 Å². The molecule has 1 aliphatic heterocycles. The molecule has 0 aromatic heterocycles. The van der Waals surface area contributed by atoms with Gasteiger partial charge in [-0.1, -0.05) is 26.0 Å². The summed E-state index contributed by atoms with van der Waals surface area (Å²) < 4.78 is 25.4. The molecule has 1 heterocycles. The molecule has 1 N–H and O–H groups in total. The van der Waals surface area contributed by atoms with Crippen molar-refractivity contribution in [1.82, 2.24) is 0 Å². The number of anilines is 1. The van der Waals surface area contributed by atoms with Gasteiger partial charge >= 0.3 is 5.97 Å². The normalized spacial score (nSPS) is 22.7. The maximum absolute atomic E-state index is 12.0. The van der Waals surface area contributed by atoms with Crippen LogP contribution in [0.1, 0.15) is 31.7 Å². The van der Waals surface area contributed by atoms with Crippen LogP contribution in [0.25, 0.3) is 0 Å². The van der Waals surface area contributed by atoms with E-state index in [1.54, 1.807) is 24.3 Å². The Kier molecular flexibility index (Phi) is 4.04. The number of aliphatic carboxylic acids is 1. The van der Waals surface area contributed by atoms with Gasteiger partial charge in [0, 0.05) is 6.54 Å². The van der Waals surface area contributed by atoms with Crippen LogP contribution in [0.3, 0.4) is 0 Å². The summed E-state index contributed by atoms with van der Waals surface area (Å²) in [5.74, 6) is -0.608. The number of hydrogen-bond donors (Lipinski definition) is 1. The summed E-state index contributed by atoms with van der Waals surface area (Å²) in [6, 6.07) is 7.12. The van der Waals surface area contributed by atoms with E-state index in [-0.39, 0.29) is 24.0 Å². The zero-order valence-electron chi connectivity index (χ0n) is 11.6. The van der Waals surface area contributed by atoms with Crippen molar-refractivity contribution in [1.29, 1.82) is 0 Å². The minimum atomic E-state index is -3.20. The molecule has 1 aromatic rings. The minimum Gasteiger partial charge on any atom is -0.481 e. The molecule has 0 aliphatic carbocycles. The molecule has 0 bridgehead atoms. The predicted molar refractivity (Wildman–Crippen MR) is 77.4 cm³/mol. The Bertz CT molecular complexity index is 594. The molecule has 6 heteroatoms. The first-order chi connectivity index (χ1) is 9.29. The van der Waals surface area contributed by atoms with E-state index in [4.69, 9.17) is 5.11 Å². The number of nitrogens with zero attached hydrogens (tertiary/aromatic N) is 1. The molecule has 0 saturated carbocycles. The highest BCUT2D eigenvalue weighted by atomic mass is 32.2. The highest BCUT2D eigenvalue weighted by molar-refractivity contribution is 7.93. The number of carboxylic acid groups (broad SMARTS) is 1.